The number of aryl methyl sites for hydroxylation is 1. The fourth-order valence-corrected chi connectivity index (χ4v) is 3.07. The Hall–Kier alpha value is -1.88. The van der Waals surface area contributed by atoms with E-state index in [4.69, 9.17) is 5.73 Å². The van der Waals surface area contributed by atoms with Gasteiger partial charge < -0.3 is 5.73 Å². The van der Waals surface area contributed by atoms with E-state index in [1.165, 1.54) is 6.07 Å². The molecule has 1 heterocycles. The van der Waals surface area contributed by atoms with Crippen LogP contribution in [0.4, 0.5) is 5.69 Å². The van der Waals surface area contributed by atoms with Crippen molar-refractivity contribution in [3.8, 4) is 0 Å². The van der Waals surface area contributed by atoms with Crippen molar-refractivity contribution in [3.05, 3.63) is 53.9 Å². The fraction of sp³-hybridized carbons (Fsp3) is 0.154. The van der Waals surface area contributed by atoms with Gasteiger partial charge >= 0.3 is 0 Å². The molecule has 4 nitrogen and oxygen atoms in total. The van der Waals surface area contributed by atoms with E-state index in [-0.39, 0.29) is 10.6 Å². The molecular formula is C13H14N2O2S. The first-order valence-corrected chi connectivity index (χ1v) is 7.11. The van der Waals surface area contributed by atoms with Gasteiger partial charge in [-0.15, -0.1) is 0 Å². The summed E-state index contributed by atoms with van der Waals surface area (Å²) in [4.78, 5) is 4.23. The lowest BCUT2D eigenvalue weighted by molar-refractivity contribution is 0.595. The summed E-state index contributed by atoms with van der Waals surface area (Å²) in [6.45, 7) is 1.88. The molecule has 2 aromatic rings. The van der Waals surface area contributed by atoms with E-state index >= 15 is 0 Å². The Bertz CT molecular complexity index is 666. The van der Waals surface area contributed by atoms with Crippen LogP contribution in [-0.4, -0.2) is 13.4 Å². The Labute approximate surface area is 106 Å². The quantitative estimate of drug-likeness (QED) is 0.858. The van der Waals surface area contributed by atoms with Crippen LogP contribution in [0.2, 0.25) is 0 Å². The van der Waals surface area contributed by atoms with Crippen LogP contribution in [0.15, 0.2) is 47.6 Å². The molecule has 2 rings (SSSR count). The minimum atomic E-state index is -3.37. The molecule has 94 valence electrons. The van der Waals surface area contributed by atoms with E-state index in [9.17, 15) is 8.42 Å². The molecule has 0 aliphatic carbocycles. The fourth-order valence-electron chi connectivity index (χ4n) is 1.71. The van der Waals surface area contributed by atoms with Gasteiger partial charge in [-0.25, -0.2) is 8.42 Å². The normalized spacial score (nSPS) is 11.4. The zero-order valence-corrected chi connectivity index (χ0v) is 10.8. The van der Waals surface area contributed by atoms with Gasteiger partial charge in [0.15, 0.2) is 9.84 Å². The maximum Gasteiger partial charge on any atom is 0.182 e. The van der Waals surface area contributed by atoms with Crippen molar-refractivity contribution in [2.75, 3.05) is 5.73 Å². The van der Waals surface area contributed by atoms with Gasteiger partial charge in [-0.1, -0.05) is 12.1 Å². The summed E-state index contributed by atoms with van der Waals surface area (Å²) in [5, 5.41) is 0. The monoisotopic (exact) mass is 262 g/mol. The highest BCUT2D eigenvalue weighted by molar-refractivity contribution is 7.90. The number of nitrogens with two attached hydrogens (primary N) is 1. The molecule has 0 spiro atoms. The summed E-state index contributed by atoms with van der Waals surface area (Å²) in [6, 6.07) is 8.13. The summed E-state index contributed by atoms with van der Waals surface area (Å²) in [5.41, 5.74) is 7.66. The maximum absolute atomic E-state index is 12.2. The molecule has 2 N–H and O–H groups in total. The van der Waals surface area contributed by atoms with Gasteiger partial charge in [0.1, 0.15) is 0 Å². The molecule has 0 unspecified atom stereocenters. The standard InChI is InChI=1S/C13H14N2O2S/c1-10-5-11(8-15-7-10)9-18(16,17)13-4-2-3-12(14)6-13/h2-8H,9,14H2,1H3. The van der Waals surface area contributed by atoms with Gasteiger partial charge in [0.05, 0.1) is 10.6 Å². The van der Waals surface area contributed by atoms with Crippen molar-refractivity contribution in [2.45, 2.75) is 17.6 Å². The molecule has 1 aromatic carbocycles. The van der Waals surface area contributed by atoms with Crippen LogP contribution in [0.5, 0.6) is 0 Å². The van der Waals surface area contributed by atoms with Crippen LogP contribution in [0, 0.1) is 6.92 Å². The topological polar surface area (TPSA) is 73.0 Å². The molecular weight excluding hydrogens is 248 g/mol. The second-order valence-electron chi connectivity index (χ2n) is 4.20. The lowest BCUT2D eigenvalue weighted by Gasteiger charge is -2.05. The average Bonchev–Trinajstić information content (AvgIpc) is 2.28. The number of hydrogen-bond acceptors (Lipinski definition) is 4. The second-order valence-corrected chi connectivity index (χ2v) is 6.19. The number of nitrogens with zero attached hydrogens (tertiary/aromatic N) is 1. The number of aromatic nitrogens is 1. The van der Waals surface area contributed by atoms with E-state index < -0.39 is 9.84 Å². The molecule has 0 bridgehead atoms. The third-order valence-electron chi connectivity index (χ3n) is 2.51. The average molecular weight is 262 g/mol. The third kappa shape index (κ3) is 2.87. The highest BCUT2D eigenvalue weighted by Gasteiger charge is 2.15. The number of nitrogen functional groups attached to an aromatic ring is 1. The SMILES string of the molecule is Cc1cncc(CS(=O)(=O)c2cccc(N)c2)c1. The summed E-state index contributed by atoms with van der Waals surface area (Å²) in [5.74, 6) is -0.0644. The van der Waals surface area contributed by atoms with Gasteiger partial charge in [0.2, 0.25) is 0 Å². The minimum absolute atomic E-state index is 0.0644. The Morgan fingerprint density at radius 2 is 2.00 bits per heavy atom. The largest absolute Gasteiger partial charge is 0.399 e. The summed E-state index contributed by atoms with van der Waals surface area (Å²) in [6.07, 6.45) is 3.26. The van der Waals surface area contributed by atoms with Gasteiger partial charge in [-0.3, -0.25) is 4.98 Å². The number of anilines is 1. The van der Waals surface area contributed by atoms with Crippen LogP contribution < -0.4 is 5.73 Å². The highest BCUT2D eigenvalue weighted by atomic mass is 32.2. The van der Waals surface area contributed by atoms with E-state index in [0.29, 0.717) is 11.3 Å². The van der Waals surface area contributed by atoms with Crippen molar-refractivity contribution >= 4 is 15.5 Å². The Kier molecular flexibility index (Phi) is 3.34. The Balaban J connectivity index is 2.33. The molecule has 0 atom stereocenters. The first kappa shape index (κ1) is 12.6. The number of hydrogen-bond donors (Lipinski definition) is 1. The van der Waals surface area contributed by atoms with Gasteiger partial charge in [0.25, 0.3) is 0 Å². The third-order valence-corrected chi connectivity index (χ3v) is 4.19. The highest BCUT2D eigenvalue weighted by Crippen LogP contribution is 2.18. The Morgan fingerprint density at radius 1 is 1.22 bits per heavy atom. The van der Waals surface area contributed by atoms with E-state index in [1.807, 2.05) is 13.0 Å². The van der Waals surface area contributed by atoms with E-state index in [1.54, 1.807) is 30.6 Å². The molecule has 0 saturated carbocycles. The molecule has 0 aliphatic heterocycles. The molecule has 0 radical (unpaired) electrons. The number of pyridine rings is 1. The lowest BCUT2D eigenvalue weighted by atomic mass is 10.2. The predicted octanol–water partition coefficient (Wildman–Crippen LogP) is 1.95. The maximum atomic E-state index is 12.2. The second kappa shape index (κ2) is 4.78. The van der Waals surface area contributed by atoms with Crippen molar-refractivity contribution in [3.63, 3.8) is 0 Å². The first-order valence-electron chi connectivity index (χ1n) is 5.46. The van der Waals surface area contributed by atoms with Crippen LogP contribution in [-0.2, 0) is 15.6 Å². The van der Waals surface area contributed by atoms with Crippen LogP contribution in [0.25, 0.3) is 0 Å². The lowest BCUT2D eigenvalue weighted by Crippen LogP contribution is -2.06. The van der Waals surface area contributed by atoms with Crippen molar-refractivity contribution in [2.24, 2.45) is 0 Å². The zero-order chi connectivity index (χ0) is 13.2. The Morgan fingerprint density at radius 3 is 2.67 bits per heavy atom. The molecule has 0 fully saturated rings. The summed E-state index contributed by atoms with van der Waals surface area (Å²) >= 11 is 0. The van der Waals surface area contributed by atoms with Gasteiger partial charge in [-0.05, 0) is 36.2 Å². The summed E-state index contributed by atoms with van der Waals surface area (Å²) in [7, 11) is -3.37. The minimum Gasteiger partial charge on any atom is -0.399 e. The predicted molar refractivity (Wildman–Crippen MR) is 70.7 cm³/mol. The zero-order valence-electron chi connectivity index (χ0n) is 10.00. The molecule has 1 aromatic heterocycles. The smallest absolute Gasteiger partial charge is 0.182 e. The molecule has 0 amide bonds. The van der Waals surface area contributed by atoms with Gasteiger partial charge in [0, 0.05) is 18.1 Å². The number of rotatable bonds is 3. The number of benzene rings is 1. The molecule has 18 heavy (non-hydrogen) atoms. The van der Waals surface area contributed by atoms with E-state index in [2.05, 4.69) is 4.98 Å². The molecule has 0 saturated heterocycles. The van der Waals surface area contributed by atoms with Crippen LogP contribution in [0.3, 0.4) is 0 Å². The van der Waals surface area contributed by atoms with Crippen molar-refractivity contribution < 1.29 is 8.42 Å². The van der Waals surface area contributed by atoms with Crippen LogP contribution in [0.1, 0.15) is 11.1 Å². The van der Waals surface area contributed by atoms with E-state index in [0.717, 1.165) is 5.56 Å². The van der Waals surface area contributed by atoms with Crippen LogP contribution >= 0.6 is 0 Å². The summed E-state index contributed by atoms with van der Waals surface area (Å²) < 4.78 is 24.4. The first-order chi connectivity index (χ1) is 8.47. The number of sulfone groups is 1. The van der Waals surface area contributed by atoms with Gasteiger partial charge in [-0.2, -0.15) is 0 Å². The molecule has 0 aliphatic rings. The molecule has 5 heteroatoms. The van der Waals surface area contributed by atoms with Crippen molar-refractivity contribution in [1.82, 2.24) is 4.98 Å². The van der Waals surface area contributed by atoms with Crippen molar-refractivity contribution in [1.29, 1.82) is 0 Å².